The van der Waals surface area contributed by atoms with Crippen molar-refractivity contribution in [2.45, 2.75) is 70.4 Å². The second-order valence-electron chi connectivity index (χ2n) is 10.7. The van der Waals surface area contributed by atoms with Gasteiger partial charge in [0.15, 0.2) is 0 Å². The van der Waals surface area contributed by atoms with Gasteiger partial charge in [-0.15, -0.1) is 0 Å². The highest BCUT2D eigenvalue weighted by molar-refractivity contribution is 14.1. The summed E-state index contributed by atoms with van der Waals surface area (Å²) in [6.07, 6.45) is -2.37. The fraction of sp³-hybridized carbons (Fsp3) is 0.429. The van der Waals surface area contributed by atoms with Gasteiger partial charge in [0.2, 0.25) is 11.8 Å². The van der Waals surface area contributed by atoms with E-state index in [1.165, 1.54) is 6.92 Å². The molecule has 2 aromatic carbocycles. The first-order valence-electron chi connectivity index (χ1n) is 13.0. The number of benzene rings is 2. The smallest absolute Gasteiger partial charge is 0.408 e. The molecule has 4 atom stereocenters. The number of aliphatic hydroxyl groups is 1. The molecule has 0 aliphatic rings. The number of methoxy groups -OCH3 is 1. The van der Waals surface area contributed by atoms with Crippen molar-refractivity contribution in [2.24, 2.45) is 0 Å². The van der Waals surface area contributed by atoms with Crippen molar-refractivity contribution in [3.63, 3.8) is 0 Å². The van der Waals surface area contributed by atoms with Crippen molar-refractivity contribution in [2.75, 3.05) is 7.11 Å². The van der Waals surface area contributed by atoms with E-state index in [2.05, 4.69) is 47.8 Å². The molecule has 0 spiro atoms. The van der Waals surface area contributed by atoms with Crippen LogP contribution in [0.4, 0.5) is 4.79 Å². The van der Waals surface area contributed by atoms with Gasteiger partial charge in [-0.05, 0) is 140 Å². The van der Waals surface area contributed by atoms with Crippen LogP contribution in [-0.2, 0) is 36.7 Å². The van der Waals surface area contributed by atoms with E-state index >= 15 is 0 Å². The number of phenols is 2. The number of carbonyl (C=O) groups excluding carboxylic acids is 4. The minimum Gasteiger partial charge on any atom is -0.506 e. The summed E-state index contributed by atoms with van der Waals surface area (Å²) in [4.78, 5) is 52.1. The zero-order valence-electron chi connectivity index (χ0n) is 24.3. The standard InChI is InChI=1S/C28H33Br2I2N3O9/c1-12(36)21(25(40)33-20(26(41)43-5)11-13-6-15(29)22(37)16(30)7-13)35-24(39)19(34-27(42)44-28(2,3)4)10-14-8-17(31)23(38)18(32)9-14/h6-9,12,19-21,36-38H,10-11H2,1-5H3,(H,33,40)(H,34,42)(H,35,39)/t12-,19-,20?,21-/m0/s1. The Morgan fingerprint density at radius 1 is 0.841 bits per heavy atom. The lowest BCUT2D eigenvalue weighted by molar-refractivity contribution is -0.145. The number of nitrogens with one attached hydrogen (secondary N) is 3. The quantitative estimate of drug-likeness (QED) is 0.143. The second kappa shape index (κ2) is 16.6. The third kappa shape index (κ3) is 11.5. The number of rotatable bonds is 11. The highest BCUT2D eigenvalue weighted by Gasteiger charge is 2.33. The lowest BCUT2D eigenvalue weighted by atomic mass is 10.0. The van der Waals surface area contributed by atoms with E-state index in [1.807, 2.05) is 45.2 Å². The Bertz CT molecular complexity index is 1360. The Morgan fingerprint density at radius 2 is 1.34 bits per heavy atom. The largest absolute Gasteiger partial charge is 0.506 e. The number of ether oxygens (including phenoxy) is 2. The molecular formula is C28H33Br2I2N3O9. The molecule has 0 aliphatic heterocycles. The number of phenolic OH excluding ortho intramolecular Hbond substituents is 2. The Kier molecular flexibility index (Phi) is 14.4. The first-order chi connectivity index (χ1) is 20.3. The molecule has 12 nitrogen and oxygen atoms in total. The fourth-order valence-electron chi connectivity index (χ4n) is 3.86. The Morgan fingerprint density at radius 3 is 1.82 bits per heavy atom. The van der Waals surface area contributed by atoms with Crippen LogP contribution in [0.2, 0.25) is 0 Å². The normalized spacial score (nSPS) is 14.0. The summed E-state index contributed by atoms with van der Waals surface area (Å²) in [7, 11) is 1.15. The SMILES string of the molecule is COC(=O)C(Cc1cc(Br)c(O)c(Br)c1)NC(=O)[C@@H](NC(=O)[C@H](Cc1cc(I)c(O)c(I)c1)NC(=O)OC(C)(C)C)[C@H](C)O. The maximum Gasteiger partial charge on any atom is 0.408 e. The predicted octanol–water partition coefficient (Wildman–Crippen LogP) is 4.03. The monoisotopic (exact) mass is 967 g/mol. The molecule has 0 saturated carbocycles. The van der Waals surface area contributed by atoms with Gasteiger partial charge >= 0.3 is 12.1 Å². The summed E-state index contributed by atoms with van der Waals surface area (Å²) in [5.74, 6) is -2.44. The number of halogens is 4. The van der Waals surface area contributed by atoms with Crippen LogP contribution in [0.3, 0.4) is 0 Å². The maximum absolute atomic E-state index is 13.5. The number of amides is 3. The molecule has 0 bridgehead atoms. The molecule has 2 aromatic rings. The molecule has 1 unspecified atom stereocenters. The molecule has 242 valence electrons. The molecule has 2 rings (SSSR count). The van der Waals surface area contributed by atoms with Crippen LogP contribution in [-0.4, -0.2) is 76.1 Å². The summed E-state index contributed by atoms with van der Waals surface area (Å²) in [5.41, 5.74) is 0.291. The Hall–Kier alpha value is -1.90. The van der Waals surface area contributed by atoms with Crippen molar-refractivity contribution in [1.82, 2.24) is 16.0 Å². The van der Waals surface area contributed by atoms with Crippen LogP contribution in [0.25, 0.3) is 0 Å². The van der Waals surface area contributed by atoms with Gasteiger partial charge < -0.3 is 40.7 Å². The fourth-order valence-corrected chi connectivity index (χ4v) is 7.04. The third-order valence-electron chi connectivity index (χ3n) is 5.91. The summed E-state index contributed by atoms with van der Waals surface area (Å²) in [6, 6.07) is 2.42. The third-order valence-corrected chi connectivity index (χ3v) is 8.76. The van der Waals surface area contributed by atoms with Gasteiger partial charge in [-0.2, -0.15) is 0 Å². The van der Waals surface area contributed by atoms with E-state index in [4.69, 9.17) is 9.47 Å². The lowest BCUT2D eigenvalue weighted by Crippen LogP contribution is -2.59. The zero-order valence-corrected chi connectivity index (χ0v) is 31.8. The van der Waals surface area contributed by atoms with E-state index in [9.17, 15) is 34.5 Å². The van der Waals surface area contributed by atoms with E-state index in [1.54, 1.807) is 45.0 Å². The van der Waals surface area contributed by atoms with Gasteiger partial charge in [-0.3, -0.25) is 9.59 Å². The van der Waals surface area contributed by atoms with Crippen molar-refractivity contribution >= 4 is 101 Å². The molecule has 0 aromatic heterocycles. The van der Waals surface area contributed by atoms with Gasteiger partial charge in [0.25, 0.3) is 0 Å². The van der Waals surface area contributed by atoms with Crippen LogP contribution in [0.15, 0.2) is 33.2 Å². The van der Waals surface area contributed by atoms with Crippen LogP contribution in [0.5, 0.6) is 11.5 Å². The average molecular weight is 969 g/mol. The van der Waals surface area contributed by atoms with Gasteiger partial charge in [0, 0.05) is 12.8 Å². The van der Waals surface area contributed by atoms with Gasteiger partial charge in [-0.25, -0.2) is 9.59 Å². The second-order valence-corrected chi connectivity index (χ2v) is 14.8. The van der Waals surface area contributed by atoms with Gasteiger partial charge in [-0.1, -0.05) is 0 Å². The molecule has 0 fully saturated rings. The van der Waals surface area contributed by atoms with E-state index < -0.39 is 53.7 Å². The number of aromatic hydroxyl groups is 2. The van der Waals surface area contributed by atoms with Crippen molar-refractivity contribution in [3.8, 4) is 11.5 Å². The highest BCUT2D eigenvalue weighted by atomic mass is 127. The Balaban J connectivity index is 2.33. The zero-order chi connectivity index (χ0) is 33.5. The van der Waals surface area contributed by atoms with E-state index in [0.29, 0.717) is 27.2 Å². The lowest BCUT2D eigenvalue weighted by Gasteiger charge is -2.27. The molecule has 44 heavy (non-hydrogen) atoms. The van der Waals surface area contributed by atoms with Gasteiger partial charge in [0.05, 0.1) is 29.3 Å². The van der Waals surface area contributed by atoms with E-state index in [-0.39, 0.29) is 24.3 Å². The average Bonchev–Trinajstić information content (AvgIpc) is 2.90. The van der Waals surface area contributed by atoms with Crippen molar-refractivity contribution in [1.29, 1.82) is 0 Å². The first-order valence-corrected chi connectivity index (χ1v) is 16.8. The Labute approximate surface area is 298 Å². The van der Waals surface area contributed by atoms with Crippen molar-refractivity contribution < 1.29 is 44.0 Å². The van der Waals surface area contributed by atoms with Crippen LogP contribution < -0.4 is 16.0 Å². The minimum absolute atomic E-state index is 0.0408. The molecule has 0 radical (unpaired) electrons. The predicted molar refractivity (Wildman–Crippen MR) is 185 cm³/mol. The molecule has 0 saturated heterocycles. The number of hydrogen-bond donors (Lipinski definition) is 6. The summed E-state index contributed by atoms with van der Waals surface area (Å²) < 4.78 is 11.9. The maximum atomic E-state index is 13.5. The van der Waals surface area contributed by atoms with Crippen LogP contribution >= 0.6 is 77.0 Å². The van der Waals surface area contributed by atoms with Crippen LogP contribution in [0, 0.1) is 7.14 Å². The topological polar surface area (TPSA) is 184 Å². The number of hydrogen-bond acceptors (Lipinski definition) is 9. The molecule has 0 heterocycles. The van der Waals surface area contributed by atoms with Crippen LogP contribution in [0.1, 0.15) is 38.8 Å². The molecule has 0 aliphatic carbocycles. The van der Waals surface area contributed by atoms with E-state index in [0.717, 1.165) is 7.11 Å². The summed E-state index contributed by atoms with van der Waals surface area (Å²) in [5, 5.41) is 38.1. The van der Waals surface area contributed by atoms with Gasteiger partial charge in [0.1, 0.15) is 35.2 Å². The summed E-state index contributed by atoms with van der Waals surface area (Å²) in [6.45, 7) is 6.27. The molecular weight excluding hydrogens is 936 g/mol. The summed E-state index contributed by atoms with van der Waals surface area (Å²) >= 11 is 10.3. The number of carbonyl (C=O) groups is 4. The molecule has 16 heteroatoms. The highest BCUT2D eigenvalue weighted by Crippen LogP contribution is 2.34. The first kappa shape index (κ1) is 38.3. The number of aliphatic hydroxyl groups excluding tert-OH is 1. The minimum atomic E-state index is -1.53. The van der Waals surface area contributed by atoms with Crippen molar-refractivity contribution in [3.05, 3.63) is 51.5 Å². The molecule has 6 N–H and O–H groups in total. The molecule has 3 amide bonds. The number of esters is 1. The number of alkyl carbamates (subject to hydrolysis) is 1.